The molecule has 0 bridgehead atoms. The summed E-state index contributed by atoms with van der Waals surface area (Å²) >= 11 is 0. The SMILES string of the molecule is COc1ccc(Nc2cc(C)nc(NCCNC(=O)c3ccnc(OC)c3)n2)cc1. The van der Waals surface area contributed by atoms with Crippen molar-refractivity contribution >= 4 is 23.4 Å². The van der Waals surface area contributed by atoms with E-state index in [0.717, 1.165) is 17.1 Å². The molecule has 30 heavy (non-hydrogen) atoms. The van der Waals surface area contributed by atoms with E-state index >= 15 is 0 Å². The van der Waals surface area contributed by atoms with Crippen LogP contribution in [-0.2, 0) is 0 Å². The van der Waals surface area contributed by atoms with Gasteiger partial charge in [-0.2, -0.15) is 4.98 Å². The Bertz CT molecular complexity index is 994. The molecule has 3 N–H and O–H groups in total. The average Bonchev–Trinajstić information content (AvgIpc) is 2.77. The predicted molar refractivity (Wildman–Crippen MR) is 115 cm³/mol. The van der Waals surface area contributed by atoms with Crippen molar-refractivity contribution < 1.29 is 14.3 Å². The summed E-state index contributed by atoms with van der Waals surface area (Å²) in [6.07, 6.45) is 1.53. The van der Waals surface area contributed by atoms with Crippen LogP contribution in [0.3, 0.4) is 0 Å². The first-order valence-electron chi connectivity index (χ1n) is 9.36. The van der Waals surface area contributed by atoms with Crippen molar-refractivity contribution in [2.24, 2.45) is 0 Å². The molecule has 0 saturated heterocycles. The summed E-state index contributed by atoms with van der Waals surface area (Å²) in [5.41, 5.74) is 2.19. The Morgan fingerprint density at radius 2 is 1.80 bits per heavy atom. The Hall–Kier alpha value is -3.88. The smallest absolute Gasteiger partial charge is 0.251 e. The Kier molecular flexibility index (Phi) is 6.99. The van der Waals surface area contributed by atoms with Crippen molar-refractivity contribution in [2.75, 3.05) is 37.9 Å². The van der Waals surface area contributed by atoms with Crippen LogP contribution in [0.15, 0.2) is 48.7 Å². The fourth-order valence-corrected chi connectivity index (χ4v) is 2.65. The number of carbonyl (C=O) groups is 1. The normalized spacial score (nSPS) is 10.2. The zero-order valence-corrected chi connectivity index (χ0v) is 17.1. The number of aryl methyl sites for hydroxylation is 1. The van der Waals surface area contributed by atoms with Gasteiger partial charge in [-0.05, 0) is 37.3 Å². The van der Waals surface area contributed by atoms with Crippen LogP contribution in [-0.4, -0.2) is 48.2 Å². The number of aromatic nitrogens is 3. The maximum atomic E-state index is 12.2. The van der Waals surface area contributed by atoms with E-state index in [4.69, 9.17) is 9.47 Å². The lowest BCUT2D eigenvalue weighted by Crippen LogP contribution is -2.29. The van der Waals surface area contributed by atoms with E-state index in [1.807, 2.05) is 37.3 Å². The number of rotatable bonds is 9. The number of pyridine rings is 1. The van der Waals surface area contributed by atoms with E-state index in [1.165, 1.54) is 13.3 Å². The van der Waals surface area contributed by atoms with Crippen molar-refractivity contribution in [2.45, 2.75) is 6.92 Å². The molecule has 156 valence electrons. The van der Waals surface area contributed by atoms with Gasteiger partial charge in [-0.15, -0.1) is 0 Å². The molecule has 0 radical (unpaired) electrons. The number of hydrogen-bond donors (Lipinski definition) is 3. The summed E-state index contributed by atoms with van der Waals surface area (Å²) in [5.74, 6) is 2.12. The van der Waals surface area contributed by atoms with Crippen LogP contribution in [0.25, 0.3) is 0 Å². The third-order valence-corrected chi connectivity index (χ3v) is 4.12. The summed E-state index contributed by atoms with van der Waals surface area (Å²) in [4.78, 5) is 25.0. The highest BCUT2D eigenvalue weighted by molar-refractivity contribution is 5.94. The summed E-state index contributed by atoms with van der Waals surface area (Å²) in [6, 6.07) is 12.6. The molecule has 0 unspecified atom stereocenters. The number of nitrogens with one attached hydrogen (secondary N) is 3. The molecule has 0 spiro atoms. The third kappa shape index (κ3) is 5.81. The van der Waals surface area contributed by atoms with Crippen molar-refractivity contribution in [3.8, 4) is 11.6 Å². The third-order valence-electron chi connectivity index (χ3n) is 4.12. The second-order valence-electron chi connectivity index (χ2n) is 6.34. The molecule has 2 heterocycles. The molecule has 0 aliphatic rings. The molecule has 0 aliphatic heterocycles. The molecule has 9 heteroatoms. The minimum Gasteiger partial charge on any atom is -0.497 e. The predicted octanol–water partition coefficient (Wildman–Crippen LogP) is 2.78. The molecule has 0 saturated carbocycles. The molecule has 3 aromatic rings. The molecule has 9 nitrogen and oxygen atoms in total. The zero-order valence-electron chi connectivity index (χ0n) is 17.1. The lowest BCUT2D eigenvalue weighted by atomic mass is 10.2. The first-order chi connectivity index (χ1) is 14.6. The quantitative estimate of drug-likeness (QED) is 0.464. The van der Waals surface area contributed by atoms with Crippen molar-refractivity contribution in [3.05, 3.63) is 59.9 Å². The van der Waals surface area contributed by atoms with E-state index in [9.17, 15) is 4.79 Å². The fraction of sp³-hybridized carbons (Fsp3) is 0.238. The van der Waals surface area contributed by atoms with Gasteiger partial charge in [-0.3, -0.25) is 4.79 Å². The standard InChI is InChI=1S/C21H24N6O3/c1-14-12-18(26-16-4-6-17(29-2)7-5-16)27-21(25-14)24-11-10-23-20(28)15-8-9-22-19(13-15)30-3/h4-9,12-13H,10-11H2,1-3H3,(H,23,28)(H2,24,25,26,27). The number of anilines is 3. The van der Waals surface area contributed by atoms with Crippen molar-refractivity contribution in [1.82, 2.24) is 20.3 Å². The van der Waals surface area contributed by atoms with E-state index < -0.39 is 0 Å². The first-order valence-corrected chi connectivity index (χ1v) is 9.36. The molecule has 0 fully saturated rings. The second-order valence-corrected chi connectivity index (χ2v) is 6.34. The highest BCUT2D eigenvalue weighted by atomic mass is 16.5. The Morgan fingerprint density at radius 3 is 2.53 bits per heavy atom. The van der Waals surface area contributed by atoms with Crippen LogP contribution in [0.4, 0.5) is 17.5 Å². The summed E-state index contributed by atoms with van der Waals surface area (Å²) in [7, 11) is 3.14. The number of amides is 1. The summed E-state index contributed by atoms with van der Waals surface area (Å²) < 4.78 is 10.2. The van der Waals surface area contributed by atoms with Crippen LogP contribution >= 0.6 is 0 Å². The van der Waals surface area contributed by atoms with E-state index in [1.54, 1.807) is 19.2 Å². The maximum absolute atomic E-state index is 12.2. The molecule has 0 atom stereocenters. The molecular weight excluding hydrogens is 384 g/mol. The average molecular weight is 408 g/mol. The zero-order chi connectivity index (χ0) is 21.3. The first kappa shape index (κ1) is 20.8. The van der Waals surface area contributed by atoms with Gasteiger partial charge in [-0.1, -0.05) is 0 Å². The number of ether oxygens (including phenoxy) is 2. The maximum Gasteiger partial charge on any atom is 0.251 e. The van der Waals surface area contributed by atoms with Gasteiger partial charge in [0.15, 0.2) is 0 Å². The highest BCUT2D eigenvalue weighted by Gasteiger charge is 2.07. The molecule has 2 aromatic heterocycles. The minimum atomic E-state index is -0.204. The molecule has 1 aromatic carbocycles. The van der Waals surface area contributed by atoms with Gasteiger partial charge < -0.3 is 25.4 Å². The van der Waals surface area contributed by atoms with Crippen LogP contribution in [0.1, 0.15) is 16.1 Å². The molecular formula is C21H24N6O3. The van der Waals surface area contributed by atoms with Crippen LogP contribution in [0, 0.1) is 6.92 Å². The monoisotopic (exact) mass is 408 g/mol. The number of benzene rings is 1. The van der Waals surface area contributed by atoms with Crippen molar-refractivity contribution in [3.63, 3.8) is 0 Å². The van der Waals surface area contributed by atoms with Gasteiger partial charge in [0, 0.05) is 48.4 Å². The number of carbonyl (C=O) groups excluding carboxylic acids is 1. The summed E-state index contributed by atoms with van der Waals surface area (Å²) in [6.45, 7) is 2.77. The van der Waals surface area contributed by atoms with Crippen LogP contribution < -0.4 is 25.4 Å². The minimum absolute atomic E-state index is 0.204. The molecule has 3 rings (SSSR count). The number of nitrogens with zero attached hydrogens (tertiary/aromatic N) is 3. The van der Waals surface area contributed by atoms with Crippen LogP contribution in [0.5, 0.6) is 11.6 Å². The van der Waals surface area contributed by atoms with Gasteiger partial charge in [0.05, 0.1) is 14.2 Å². The summed E-state index contributed by atoms with van der Waals surface area (Å²) in [5, 5.41) is 9.20. The van der Waals surface area contributed by atoms with Gasteiger partial charge in [0.25, 0.3) is 5.91 Å². The molecule has 0 aliphatic carbocycles. The van der Waals surface area contributed by atoms with Gasteiger partial charge >= 0.3 is 0 Å². The van der Waals surface area contributed by atoms with Gasteiger partial charge in [-0.25, -0.2) is 9.97 Å². The Balaban J connectivity index is 1.53. The number of hydrogen-bond acceptors (Lipinski definition) is 8. The molecule has 1 amide bonds. The highest BCUT2D eigenvalue weighted by Crippen LogP contribution is 2.19. The fourth-order valence-electron chi connectivity index (χ4n) is 2.65. The van der Waals surface area contributed by atoms with E-state index in [0.29, 0.717) is 36.3 Å². The van der Waals surface area contributed by atoms with Crippen molar-refractivity contribution in [1.29, 1.82) is 0 Å². The number of methoxy groups -OCH3 is 2. The van der Waals surface area contributed by atoms with Crippen LogP contribution in [0.2, 0.25) is 0 Å². The Labute approximate surface area is 174 Å². The van der Waals surface area contributed by atoms with E-state index in [-0.39, 0.29) is 5.91 Å². The van der Waals surface area contributed by atoms with Gasteiger partial charge in [0.2, 0.25) is 11.8 Å². The topological polar surface area (TPSA) is 110 Å². The lowest BCUT2D eigenvalue weighted by Gasteiger charge is -2.11. The lowest BCUT2D eigenvalue weighted by molar-refractivity contribution is 0.0954. The Morgan fingerprint density at radius 1 is 1.00 bits per heavy atom. The second kappa shape index (κ2) is 10.1. The van der Waals surface area contributed by atoms with Gasteiger partial charge in [0.1, 0.15) is 11.6 Å². The largest absolute Gasteiger partial charge is 0.497 e. The van der Waals surface area contributed by atoms with E-state index in [2.05, 4.69) is 30.9 Å².